The molecule has 1 saturated heterocycles. The van der Waals surface area contributed by atoms with Gasteiger partial charge in [-0.05, 0) is 48.9 Å². The average Bonchev–Trinajstić information content (AvgIpc) is 2.98. The summed E-state index contributed by atoms with van der Waals surface area (Å²) in [5.74, 6) is -0.0349. The Balaban J connectivity index is 1.49. The van der Waals surface area contributed by atoms with Crippen LogP contribution in [0.15, 0.2) is 18.2 Å². The second-order valence-electron chi connectivity index (χ2n) is 7.98. The largest absolute Gasteiger partial charge is 0.382 e. The van der Waals surface area contributed by atoms with Crippen molar-refractivity contribution in [1.29, 1.82) is 0 Å². The molecule has 3 amide bonds. The van der Waals surface area contributed by atoms with Gasteiger partial charge in [0.15, 0.2) is 0 Å². The maximum absolute atomic E-state index is 12.8. The highest BCUT2D eigenvalue weighted by molar-refractivity contribution is 6.05. The third-order valence-corrected chi connectivity index (χ3v) is 6.31. The molecular formula is C21H27N3O3. The highest BCUT2D eigenvalue weighted by Gasteiger charge is 2.39. The van der Waals surface area contributed by atoms with Crippen LogP contribution in [0.4, 0.5) is 5.69 Å². The fourth-order valence-electron chi connectivity index (χ4n) is 4.76. The molecule has 3 aliphatic rings. The number of nitrogens with one attached hydrogen (secondary N) is 2. The van der Waals surface area contributed by atoms with E-state index in [-0.39, 0.29) is 24.1 Å². The molecule has 0 aromatic heterocycles. The fourth-order valence-corrected chi connectivity index (χ4v) is 4.76. The number of carbonyl (C=O) groups is 3. The standard InChI is InChI=1S/C21H27N3O3/c1-2-13-5-3-4-6-17(13)22-15-7-8-16-14(11-15)12-24(21(16)27)18-9-10-19(25)23-20(18)26/h7-8,11,13,17-18,22H,2-6,9-10,12H2,1H3,(H,23,25,26). The molecule has 6 heteroatoms. The summed E-state index contributed by atoms with van der Waals surface area (Å²) in [6, 6.07) is 5.84. The number of imide groups is 1. The number of rotatable bonds is 4. The number of hydrogen-bond acceptors (Lipinski definition) is 4. The molecule has 1 aromatic rings. The van der Waals surface area contributed by atoms with Gasteiger partial charge in [-0.2, -0.15) is 0 Å². The molecule has 3 atom stereocenters. The summed E-state index contributed by atoms with van der Waals surface area (Å²) in [4.78, 5) is 37.9. The summed E-state index contributed by atoms with van der Waals surface area (Å²) in [5, 5.41) is 6.03. The molecule has 0 radical (unpaired) electrons. The van der Waals surface area contributed by atoms with Gasteiger partial charge in [-0.15, -0.1) is 0 Å². The van der Waals surface area contributed by atoms with Gasteiger partial charge in [-0.3, -0.25) is 19.7 Å². The van der Waals surface area contributed by atoms with Crippen LogP contribution in [0, 0.1) is 5.92 Å². The Morgan fingerprint density at radius 2 is 1.96 bits per heavy atom. The molecule has 1 aromatic carbocycles. The lowest BCUT2D eigenvalue weighted by Gasteiger charge is -2.32. The first-order valence-electron chi connectivity index (χ1n) is 10.1. The Hall–Kier alpha value is -2.37. The van der Waals surface area contributed by atoms with Gasteiger partial charge < -0.3 is 10.2 Å². The maximum atomic E-state index is 12.8. The molecule has 0 bridgehead atoms. The Morgan fingerprint density at radius 3 is 2.74 bits per heavy atom. The van der Waals surface area contributed by atoms with Crippen LogP contribution in [0.1, 0.15) is 67.8 Å². The monoisotopic (exact) mass is 369 g/mol. The number of nitrogens with zero attached hydrogens (tertiary/aromatic N) is 1. The highest BCUT2D eigenvalue weighted by atomic mass is 16.2. The van der Waals surface area contributed by atoms with E-state index in [1.54, 1.807) is 4.90 Å². The summed E-state index contributed by atoms with van der Waals surface area (Å²) >= 11 is 0. The zero-order valence-corrected chi connectivity index (χ0v) is 15.8. The van der Waals surface area contributed by atoms with E-state index in [0.717, 1.165) is 11.3 Å². The summed E-state index contributed by atoms with van der Waals surface area (Å²) in [7, 11) is 0. The minimum atomic E-state index is -0.554. The lowest BCUT2D eigenvalue weighted by Crippen LogP contribution is -2.52. The molecule has 1 saturated carbocycles. The number of anilines is 1. The number of benzene rings is 1. The molecule has 0 spiro atoms. The van der Waals surface area contributed by atoms with Crippen molar-refractivity contribution < 1.29 is 14.4 Å². The molecule has 144 valence electrons. The van der Waals surface area contributed by atoms with E-state index < -0.39 is 6.04 Å². The van der Waals surface area contributed by atoms with E-state index in [0.29, 0.717) is 30.5 Å². The maximum Gasteiger partial charge on any atom is 0.255 e. The predicted octanol–water partition coefficient (Wildman–Crippen LogP) is 2.83. The van der Waals surface area contributed by atoms with Crippen molar-refractivity contribution in [2.45, 2.75) is 70.5 Å². The van der Waals surface area contributed by atoms with Crippen molar-refractivity contribution in [3.05, 3.63) is 29.3 Å². The Morgan fingerprint density at radius 1 is 1.15 bits per heavy atom. The Bertz CT molecular complexity index is 776. The van der Waals surface area contributed by atoms with Crippen molar-refractivity contribution in [2.75, 3.05) is 5.32 Å². The Labute approximate surface area is 159 Å². The van der Waals surface area contributed by atoms with Crippen molar-refractivity contribution >= 4 is 23.4 Å². The summed E-state index contributed by atoms with van der Waals surface area (Å²) in [6.45, 7) is 2.68. The van der Waals surface area contributed by atoms with Crippen LogP contribution in [0.5, 0.6) is 0 Å². The molecule has 2 aliphatic heterocycles. The summed E-state index contributed by atoms with van der Waals surface area (Å²) < 4.78 is 0. The second kappa shape index (κ2) is 7.33. The number of hydrogen-bond donors (Lipinski definition) is 2. The lowest BCUT2D eigenvalue weighted by molar-refractivity contribution is -0.136. The van der Waals surface area contributed by atoms with Crippen LogP contribution < -0.4 is 10.6 Å². The predicted molar refractivity (Wildman–Crippen MR) is 102 cm³/mol. The Kier molecular flexibility index (Phi) is 4.89. The van der Waals surface area contributed by atoms with E-state index >= 15 is 0 Å². The van der Waals surface area contributed by atoms with Crippen molar-refractivity contribution in [2.24, 2.45) is 5.92 Å². The molecule has 3 unspecified atom stereocenters. The first-order chi connectivity index (χ1) is 13.1. The van der Waals surface area contributed by atoms with Crippen LogP contribution in [0.2, 0.25) is 0 Å². The highest BCUT2D eigenvalue weighted by Crippen LogP contribution is 2.32. The summed E-state index contributed by atoms with van der Waals surface area (Å²) in [5.41, 5.74) is 2.68. The van der Waals surface area contributed by atoms with Crippen LogP contribution in [-0.2, 0) is 16.1 Å². The first kappa shape index (κ1) is 18.0. The van der Waals surface area contributed by atoms with Crippen LogP contribution >= 0.6 is 0 Å². The van der Waals surface area contributed by atoms with E-state index in [2.05, 4.69) is 23.6 Å². The third kappa shape index (κ3) is 3.45. The second-order valence-corrected chi connectivity index (χ2v) is 7.98. The summed E-state index contributed by atoms with van der Waals surface area (Å²) in [6.07, 6.45) is 6.92. The van der Waals surface area contributed by atoms with Gasteiger partial charge in [-0.25, -0.2) is 0 Å². The quantitative estimate of drug-likeness (QED) is 0.800. The van der Waals surface area contributed by atoms with Gasteiger partial charge in [0.25, 0.3) is 5.91 Å². The van der Waals surface area contributed by atoms with Crippen LogP contribution in [-0.4, -0.2) is 34.7 Å². The van der Waals surface area contributed by atoms with Gasteiger partial charge in [0, 0.05) is 30.3 Å². The van der Waals surface area contributed by atoms with Gasteiger partial charge in [0.2, 0.25) is 11.8 Å². The third-order valence-electron chi connectivity index (χ3n) is 6.31. The SMILES string of the molecule is CCC1CCCCC1Nc1ccc2c(c1)CN(C1CCC(=O)NC1=O)C2=O. The smallest absolute Gasteiger partial charge is 0.255 e. The molecule has 6 nitrogen and oxygen atoms in total. The molecule has 4 rings (SSSR count). The topological polar surface area (TPSA) is 78.5 Å². The van der Waals surface area contributed by atoms with Crippen LogP contribution in [0.3, 0.4) is 0 Å². The molecule has 2 N–H and O–H groups in total. The number of fused-ring (bicyclic) bond motifs is 1. The minimum Gasteiger partial charge on any atom is -0.382 e. The van der Waals surface area contributed by atoms with Crippen molar-refractivity contribution in [1.82, 2.24) is 10.2 Å². The van der Waals surface area contributed by atoms with Gasteiger partial charge in [-0.1, -0.05) is 26.2 Å². The molecule has 2 heterocycles. The molecule has 1 aliphatic carbocycles. The minimum absolute atomic E-state index is 0.116. The van der Waals surface area contributed by atoms with E-state index in [1.807, 2.05) is 12.1 Å². The number of piperidine rings is 1. The fraction of sp³-hybridized carbons (Fsp3) is 0.571. The normalized spacial score (nSPS) is 28.1. The van der Waals surface area contributed by atoms with Gasteiger partial charge in [0.1, 0.15) is 6.04 Å². The van der Waals surface area contributed by atoms with E-state index in [4.69, 9.17) is 0 Å². The number of carbonyl (C=O) groups excluding carboxylic acids is 3. The molecule has 2 fully saturated rings. The van der Waals surface area contributed by atoms with Gasteiger partial charge >= 0.3 is 0 Å². The van der Waals surface area contributed by atoms with Gasteiger partial charge in [0.05, 0.1) is 0 Å². The van der Waals surface area contributed by atoms with E-state index in [9.17, 15) is 14.4 Å². The molecular weight excluding hydrogens is 342 g/mol. The van der Waals surface area contributed by atoms with Crippen molar-refractivity contribution in [3.63, 3.8) is 0 Å². The van der Waals surface area contributed by atoms with E-state index in [1.165, 1.54) is 32.1 Å². The molecule has 27 heavy (non-hydrogen) atoms. The number of amides is 3. The zero-order chi connectivity index (χ0) is 19.0. The zero-order valence-electron chi connectivity index (χ0n) is 15.8. The lowest BCUT2D eigenvalue weighted by atomic mass is 9.83. The van der Waals surface area contributed by atoms with Crippen LogP contribution in [0.25, 0.3) is 0 Å². The van der Waals surface area contributed by atoms with Crippen molar-refractivity contribution in [3.8, 4) is 0 Å². The average molecular weight is 369 g/mol. The first-order valence-corrected chi connectivity index (χ1v) is 10.1.